The van der Waals surface area contributed by atoms with Crippen molar-refractivity contribution in [1.82, 2.24) is 4.72 Å². The van der Waals surface area contributed by atoms with Gasteiger partial charge in [-0.1, -0.05) is 6.07 Å². The molecule has 1 amide bonds. The lowest BCUT2D eigenvalue weighted by molar-refractivity contribution is 0.0570. The zero-order valence-corrected chi connectivity index (χ0v) is 12.1. The van der Waals surface area contributed by atoms with Crippen LogP contribution in [0.3, 0.4) is 0 Å². The quantitative estimate of drug-likeness (QED) is 0.883. The second-order valence-corrected chi connectivity index (χ2v) is 6.32. The van der Waals surface area contributed by atoms with Crippen LogP contribution in [0.1, 0.15) is 26.3 Å². The molecule has 0 aliphatic rings. The van der Waals surface area contributed by atoms with Crippen molar-refractivity contribution in [2.24, 2.45) is 0 Å². The van der Waals surface area contributed by atoms with Crippen molar-refractivity contribution in [3.05, 3.63) is 29.8 Å². The number of ether oxygens (including phenoxy) is 1. The van der Waals surface area contributed by atoms with Gasteiger partial charge in [0.1, 0.15) is 5.60 Å². The summed E-state index contributed by atoms with van der Waals surface area (Å²) in [6.45, 7) is 4.84. The standard InChI is InChI=1S/C12H15N3O4S/c1-12(2,3)19-11(16)15-20(17,18)14-10-6-4-5-9(7-10)8-13/h4-7,14H,1-3H3,(H,15,16). The van der Waals surface area contributed by atoms with E-state index in [0.29, 0.717) is 5.56 Å². The molecule has 1 aromatic rings. The second-order valence-electron chi connectivity index (χ2n) is 4.90. The third-order valence-electron chi connectivity index (χ3n) is 1.86. The van der Waals surface area contributed by atoms with E-state index < -0.39 is 21.9 Å². The van der Waals surface area contributed by atoms with Crippen molar-refractivity contribution in [2.75, 3.05) is 4.72 Å². The SMILES string of the molecule is CC(C)(C)OC(=O)NS(=O)(=O)Nc1cccc(C#N)c1. The predicted octanol–water partition coefficient (Wildman–Crippen LogP) is 1.74. The van der Waals surface area contributed by atoms with Crippen molar-refractivity contribution < 1.29 is 17.9 Å². The fraction of sp³-hybridized carbons (Fsp3) is 0.333. The van der Waals surface area contributed by atoms with Gasteiger partial charge in [-0.05, 0) is 39.0 Å². The van der Waals surface area contributed by atoms with Gasteiger partial charge in [0, 0.05) is 0 Å². The fourth-order valence-electron chi connectivity index (χ4n) is 1.24. The smallest absolute Gasteiger partial charge is 0.422 e. The summed E-state index contributed by atoms with van der Waals surface area (Å²) >= 11 is 0. The first kappa shape index (κ1) is 15.8. The Labute approximate surface area is 117 Å². The van der Waals surface area contributed by atoms with Gasteiger partial charge in [0.05, 0.1) is 17.3 Å². The van der Waals surface area contributed by atoms with Crippen molar-refractivity contribution in [3.63, 3.8) is 0 Å². The molecule has 108 valence electrons. The maximum Gasteiger partial charge on any atom is 0.422 e. The minimum absolute atomic E-state index is 0.167. The molecule has 1 rings (SSSR count). The first-order chi connectivity index (χ1) is 9.11. The number of amides is 1. The lowest BCUT2D eigenvalue weighted by Crippen LogP contribution is -2.39. The zero-order chi connectivity index (χ0) is 15.4. The Morgan fingerprint density at radius 2 is 2.00 bits per heavy atom. The number of benzene rings is 1. The summed E-state index contributed by atoms with van der Waals surface area (Å²) < 4.78 is 32.0. The molecule has 0 atom stereocenters. The summed E-state index contributed by atoms with van der Waals surface area (Å²) in [5.74, 6) is 0. The molecule has 0 aromatic heterocycles. The summed E-state index contributed by atoms with van der Waals surface area (Å²) in [7, 11) is -4.12. The molecule has 0 bridgehead atoms. The number of carbonyl (C=O) groups excluding carboxylic acids is 1. The number of hydrogen-bond acceptors (Lipinski definition) is 5. The van der Waals surface area contributed by atoms with E-state index in [-0.39, 0.29) is 5.69 Å². The van der Waals surface area contributed by atoms with Crippen LogP contribution in [-0.2, 0) is 14.9 Å². The first-order valence-corrected chi connectivity index (χ1v) is 7.13. The van der Waals surface area contributed by atoms with Gasteiger partial charge in [0.25, 0.3) is 0 Å². The Morgan fingerprint density at radius 3 is 2.55 bits per heavy atom. The Bertz CT molecular complexity index is 641. The predicted molar refractivity (Wildman–Crippen MR) is 73.1 cm³/mol. The summed E-state index contributed by atoms with van der Waals surface area (Å²) in [5.41, 5.74) is -0.345. The fourth-order valence-corrected chi connectivity index (χ4v) is 1.99. The lowest BCUT2D eigenvalue weighted by atomic mass is 10.2. The number of nitriles is 1. The molecule has 0 aliphatic heterocycles. The maximum atomic E-state index is 11.7. The van der Waals surface area contributed by atoms with Gasteiger partial charge in [-0.15, -0.1) is 0 Å². The van der Waals surface area contributed by atoms with E-state index in [4.69, 9.17) is 10.00 Å². The first-order valence-electron chi connectivity index (χ1n) is 5.65. The van der Waals surface area contributed by atoms with Gasteiger partial charge in [-0.25, -0.2) is 9.52 Å². The largest absolute Gasteiger partial charge is 0.443 e. The molecule has 0 heterocycles. The minimum atomic E-state index is -4.12. The number of nitrogens with one attached hydrogen (secondary N) is 2. The van der Waals surface area contributed by atoms with Crippen LogP contribution < -0.4 is 9.44 Å². The van der Waals surface area contributed by atoms with Crippen molar-refractivity contribution in [3.8, 4) is 6.07 Å². The highest BCUT2D eigenvalue weighted by Gasteiger charge is 2.21. The molecule has 0 fully saturated rings. The minimum Gasteiger partial charge on any atom is -0.443 e. The monoisotopic (exact) mass is 297 g/mol. The molecule has 0 saturated carbocycles. The second kappa shape index (κ2) is 5.79. The Morgan fingerprint density at radius 1 is 1.35 bits per heavy atom. The van der Waals surface area contributed by atoms with Crippen LogP contribution in [0, 0.1) is 11.3 Å². The topological polar surface area (TPSA) is 108 Å². The van der Waals surface area contributed by atoms with E-state index in [2.05, 4.69) is 4.72 Å². The van der Waals surface area contributed by atoms with Gasteiger partial charge in [0.2, 0.25) is 0 Å². The molecular weight excluding hydrogens is 282 g/mol. The van der Waals surface area contributed by atoms with E-state index >= 15 is 0 Å². The number of anilines is 1. The molecule has 0 spiro atoms. The highest BCUT2D eigenvalue weighted by atomic mass is 32.2. The summed E-state index contributed by atoms with van der Waals surface area (Å²) in [6.07, 6.45) is -1.08. The van der Waals surface area contributed by atoms with Crippen LogP contribution in [0.2, 0.25) is 0 Å². The summed E-state index contributed by atoms with van der Waals surface area (Å²) in [6, 6.07) is 7.72. The molecule has 1 aromatic carbocycles. The molecule has 2 N–H and O–H groups in total. The van der Waals surface area contributed by atoms with Gasteiger partial charge < -0.3 is 4.74 Å². The molecule has 0 aliphatic carbocycles. The van der Waals surface area contributed by atoms with E-state index in [1.165, 1.54) is 24.3 Å². The molecule has 0 unspecified atom stereocenters. The van der Waals surface area contributed by atoms with Crippen LogP contribution in [0.5, 0.6) is 0 Å². The van der Waals surface area contributed by atoms with Gasteiger partial charge >= 0.3 is 16.3 Å². The van der Waals surface area contributed by atoms with E-state index in [9.17, 15) is 13.2 Å². The highest BCUT2D eigenvalue weighted by Crippen LogP contribution is 2.11. The molecule has 0 radical (unpaired) electrons. The maximum absolute atomic E-state index is 11.7. The Hall–Kier alpha value is -2.27. The number of rotatable bonds is 3. The molecule has 7 nitrogen and oxygen atoms in total. The summed E-state index contributed by atoms with van der Waals surface area (Å²) in [5, 5.41) is 8.72. The van der Waals surface area contributed by atoms with Crippen LogP contribution in [0.25, 0.3) is 0 Å². The van der Waals surface area contributed by atoms with Crippen LogP contribution in [0.4, 0.5) is 10.5 Å². The lowest BCUT2D eigenvalue weighted by Gasteiger charge is -2.19. The van der Waals surface area contributed by atoms with Crippen LogP contribution in [-0.4, -0.2) is 20.1 Å². The van der Waals surface area contributed by atoms with Gasteiger partial charge in [-0.2, -0.15) is 13.7 Å². The highest BCUT2D eigenvalue weighted by molar-refractivity contribution is 7.91. The van der Waals surface area contributed by atoms with Crippen molar-refractivity contribution >= 4 is 22.0 Å². The number of nitrogens with zero attached hydrogens (tertiary/aromatic N) is 1. The van der Waals surface area contributed by atoms with Crippen molar-refractivity contribution in [1.29, 1.82) is 5.26 Å². The molecule has 20 heavy (non-hydrogen) atoms. The van der Waals surface area contributed by atoms with Crippen molar-refractivity contribution in [2.45, 2.75) is 26.4 Å². The normalized spacial score (nSPS) is 11.3. The van der Waals surface area contributed by atoms with E-state index in [1.807, 2.05) is 6.07 Å². The Balaban J connectivity index is 2.75. The molecule has 0 saturated heterocycles. The third-order valence-corrected chi connectivity index (χ3v) is 2.80. The zero-order valence-electron chi connectivity index (χ0n) is 11.3. The molecular formula is C12H15N3O4S. The van der Waals surface area contributed by atoms with E-state index in [0.717, 1.165) is 0 Å². The average Bonchev–Trinajstić information content (AvgIpc) is 2.24. The van der Waals surface area contributed by atoms with Crippen LogP contribution >= 0.6 is 0 Å². The number of hydrogen-bond donors (Lipinski definition) is 2. The van der Waals surface area contributed by atoms with E-state index in [1.54, 1.807) is 25.5 Å². The van der Waals surface area contributed by atoms with Crippen LogP contribution in [0.15, 0.2) is 24.3 Å². The average molecular weight is 297 g/mol. The number of carbonyl (C=O) groups is 1. The third kappa shape index (κ3) is 5.58. The van der Waals surface area contributed by atoms with Gasteiger partial charge in [0.15, 0.2) is 0 Å². The molecule has 8 heteroatoms. The Kier molecular flexibility index (Phi) is 4.57. The summed E-state index contributed by atoms with van der Waals surface area (Å²) in [4.78, 5) is 11.4. The van der Waals surface area contributed by atoms with Gasteiger partial charge in [-0.3, -0.25) is 4.72 Å².